The minimum atomic E-state index is -0.393. The number of hydrogen-bond donors (Lipinski definition) is 3. The van der Waals surface area contributed by atoms with Crippen molar-refractivity contribution in [2.45, 2.75) is 6.92 Å². The number of nitrogens with one attached hydrogen (secondary N) is 3. The predicted octanol–water partition coefficient (Wildman–Crippen LogP) is 0.0780. The molecule has 68 valence electrons. The van der Waals surface area contributed by atoms with E-state index in [0.717, 1.165) is 5.52 Å². The molecule has 0 atom stereocenters. The summed E-state index contributed by atoms with van der Waals surface area (Å²) in [7, 11) is 0. The number of imidazole rings is 1. The van der Waals surface area contributed by atoms with Gasteiger partial charge in [0.05, 0.1) is 6.33 Å². The van der Waals surface area contributed by atoms with E-state index in [1.54, 1.807) is 0 Å². The van der Waals surface area contributed by atoms with Crippen LogP contribution >= 0.6 is 0 Å². The SMILES string of the molecule is CCNc1nc(=O)[nH]c2nc[nH]c12. The molecule has 2 heterocycles. The summed E-state index contributed by atoms with van der Waals surface area (Å²) in [5.41, 5.74) is 0.855. The third-order valence-corrected chi connectivity index (χ3v) is 1.66. The summed E-state index contributed by atoms with van der Waals surface area (Å²) in [6.45, 7) is 2.65. The Morgan fingerprint density at radius 2 is 2.46 bits per heavy atom. The second-order valence-corrected chi connectivity index (χ2v) is 2.55. The molecule has 0 saturated heterocycles. The molecule has 0 spiro atoms. The zero-order chi connectivity index (χ0) is 9.26. The maximum Gasteiger partial charge on any atom is 0.348 e. The maximum atomic E-state index is 11.0. The summed E-state index contributed by atoms with van der Waals surface area (Å²) in [6.07, 6.45) is 1.52. The fraction of sp³-hybridized carbons (Fsp3) is 0.286. The molecule has 0 fully saturated rings. The van der Waals surface area contributed by atoms with E-state index in [1.807, 2.05) is 6.92 Å². The van der Waals surface area contributed by atoms with Crippen LogP contribution in [-0.2, 0) is 0 Å². The van der Waals surface area contributed by atoms with Crippen molar-refractivity contribution in [1.29, 1.82) is 0 Å². The van der Waals surface area contributed by atoms with Gasteiger partial charge in [-0.05, 0) is 6.92 Å². The fourth-order valence-corrected chi connectivity index (χ4v) is 1.15. The van der Waals surface area contributed by atoms with E-state index in [-0.39, 0.29) is 0 Å². The number of anilines is 1. The van der Waals surface area contributed by atoms with Crippen LogP contribution in [0.3, 0.4) is 0 Å². The lowest BCUT2D eigenvalue weighted by Crippen LogP contribution is -2.13. The van der Waals surface area contributed by atoms with Crippen LogP contribution < -0.4 is 11.0 Å². The Labute approximate surface area is 73.4 Å². The van der Waals surface area contributed by atoms with E-state index in [4.69, 9.17) is 0 Å². The highest BCUT2D eigenvalue weighted by Gasteiger charge is 2.04. The lowest BCUT2D eigenvalue weighted by Gasteiger charge is -2.00. The van der Waals surface area contributed by atoms with Gasteiger partial charge in [0.2, 0.25) is 0 Å². The minimum Gasteiger partial charge on any atom is -0.368 e. The quantitative estimate of drug-likeness (QED) is 0.609. The molecule has 2 aromatic heterocycles. The van der Waals surface area contributed by atoms with Crippen LogP contribution in [0.4, 0.5) is 5.82 Å². The molecule has 0 bridgehead atoms. The molecule has 0 saturated carbocycles. The van der Waals surface area contributed by atoms with Crippen LogP contribution in [0.1, 0.15) is 6.92 Å². The number of aromatic amines is 2. The van der Waals surface area contributed by atoms with Gasteiger partial charge in [0.25, 0.3) is 0 Å². The molecule has 2 rings (SSSR count). The third kappa shape index (κ3) is 1.26. The van der Waals surface area contributed by atoms with Crippen molar-refractivity contribution in [1.82, 2.24) is 19.9 Å². The molecule has 0 radical (unpaired) electrons. The van der Waals surface area contributed by atoms with E-state index in [1.165, 1.54) is 6.33 Å². The first-order chi connectivity index (χ1) is 6.31. The van der Waals surface area contributed by atoms with Crippen molar-refractivity contribution in [3.63, 3.8) is 0 Å². The molecule has 0 amide bonds. The molecule has 2 aromatic rings. The van der Waals surface area contributed by atoms with Gasteiger partial charge in [-0.2, -0.15) is 4.98 Å². The van der Waals surface area contributed by atoms with Gasteiger partial charge in [0, 0.05) is 6.54 Å². The van der Waals surface area contributed by atoms with Crippen LogP contribution in [0.5, 0.6) is 0 Å². The van der Waals surface area contributed by atoms with Crippen LogP contribution in [0.25, 0.3) is 11.2 Å². The minimum absolute atomic E-state index is 0.393. The summed E-state index contributed by atoms with van der Waals surface area (Å²) < 4.78 is 0. The van der Waals surface area contributed by atoms with Gasteiger partial charge in [0.1, 0.15) is 5.52 Å². The van der Waals surface area contributed by atoms with Crippen molar-refractivity contribution in [3.05, 3.63) is 16.8 Å². The second kappa shape index (κ2) is 2.89. The average molecular weight is 179 g/mol. The highest BCUT2D eigenvalue weighted by atomic mass is 16.1. The Hall–Kier alpha value is -1.85. The van der Waals surface area contributed by atoms with Crippen molar-refractivity contribution in [2.24, 2.45) is 0 Å². The van der Waals surface area contributed by atoms with Crippen LogP contribution in [0, 0.1) is 0 Å². The van der Waals surface area contributed by atoms with Crippen LogP contribution in [0.2, 0.25) is 0 Å². The standard InChI is InChI=1S/C7H9N5O/c1-2-8-5-4-6(10-3-9-4)12-7(13)11-5/h3H,2H2,1H3,(H3,8,9,10,11,12,13). The monoisotopic (exact) mass is 179 g/mol. The van der Waals surface area contributed by atoms with E-state index in [0.29, 0.717) is 18.0 Å². The molecule has 13 heavy (non-hydrogen) atoms. The smallest absolute Gasteiger partial charge is 0.348 e. The first kappa shape index (κ1) is 7.78. The Morgan fingerprint density at radius 3 is 3.23 bits per heavy atom. The topological polar surface area (TPSA) is 86.5 Å². The molecular weight excluding hydrogens is 170 g/mol. The van der Waals surface area contributed by atoms with Gasteiger partial charge < -0.3 is 10.3 Å². The fourth-order valence-electron chi connectivity index (χ4n) is 1.15. The first-order valence-electron chi connectivity index (χ1n) is 3.98. The lowest BCUT2D eigenvalue weighted by molar-refractivity contribution is 1.08. The molecule has 0 aliphatic rings. The molecule has 6 nitrogen and oxygen atoms in total. The zero-order valence-electron chi connectivity index (χ0n) is 7.09. The predicted molar refractivity (Wildman–Crippen MR) is 48.7 cm³/mol. The largest absolute Gasteiger partial charge is 0.368 e. The number of hydrogen-bond acceptors (Lipinski definition) is 4. The van der Waals surface area contributed by atoms with E-state index in [9.17, 15) is 4.79 Å². The first-order valence-corrected chi connectivity index (χ1v) is 3.98. The Morgan fingerprint density at radius 1 is 1.62 bits per heavy atom. The zero-order valence-corrected chi connectivity index (χ0v) is 7.09. The Balaban J connectivity index is 2.70. The number of aromatic nitrogens is 4. The van der Waals surface area contributed by atoms with Gasteiger partial charge >= 0.3 is 5.69 Å². The second-order valence-electron chi connectivity index (χ2n) is 2.55. The summed E-state index contributed by atoms with van der Waals surface area (Å²) >= 11 is 0. The number of rotatable bonds is 2. The molecule has 6 heteroatoms. The molecular formula is C7H9N5O. The van der Waals surface area contributed by atoms with Gasteiger partial charge in [-0.15, -0.1) is 0 Å². The van der Waals surface area contributed by atoms with Gasteiger partial charge in [-0.3, -0.25) is 4.98 Å². The Kier molecular flexibility index (Phi) is 1.73. The van der Waals surface area contributed by atoms with Gasteiger partial charge in [-0.1, -0.05) is 0 Å². The van der Waals surface area contributed by atoms with Crippen molar-refractivity contribution in [3.8, 4) is 0 Å². The summed E-state index contributed by atoms with van der Waals surface area (Å²) in [5, 5.41) is 2.98. The lowest BCUT2D eigenvalue weighted by atomic mass is 10.5. The van der Waals surface area contributed by atoms with Crippen molar-refractivity contribution in [2.75, 3.05) is 11.9 Å². The molecule has 0 aliphatic carbocycles. The number of nitrogens with zero attached hydrogens (tertiary/aromatic N) is 2. The number of fused-ring (bicyclic) bond motifs is 1. The maximum absolute atomic E-state index is 11.0. The molecule has 3 N–H and O–H groups in total. The van der Waals surface area contributed by atoms with Gasteiger partial charge in [0.15, 0.2) is 11.5 Å². The van der Waals surface area contributed by atoms with Crippen LogP contribution in [0.15, 0.2) is 11.1 Å². The van der Waals surface area contributed by atoms with E-state index < -0.39 is 5.69 Å². The van der Waals surface area contributed by atoms with Crippen LogP contribution in [-0.4, -0.2) is 26.5 Å². The van der Waals surface area contributed by atoms with Crippen molar-refractivity contribution >= 4 is 17.0 Å². The summed E-state index contributed by atoms with van der Waals surface area (Å²) in [5.74, 6) is 0.541. The van der Waals surface area contributed by atoms with Crippen molar-refractivity contribution < 1.29 is 0 Å². The van der Waals surface area contributed by atoms with E-state index in [2.05, 4.69) is 25.3 Å². The Bertz CT molecular complexity index is 471. The molecule has 0 aromatic carbocycles. The normalized spacial score (nSPS) is 10.5. The average Bonchev–Trinajstić information content (AvgIpc) is 2.52. The summed E-state index contributed by atoms with van der Waals surface area (Å²) in [4.78, 5) is 24.1. The third-order valence-electron chi connectivity index (χ3n) is 1.66. The van der Waals surface area contributed by atoms with E-state index >= 15 is 0 Å². The molecule has 0 aliphatic heterocycles. The summed E-state index contributed by atoms with van der Waals surface area (Å²) in [6, 6.07) is 0. The molecule has 0 unspecified atom stereocenters. The highest BCUT2D eigenvalue weighted by Crippen LogP contribution is 2.11. The van der Waals surface area contributed by atoms with Gasteiger partial charge in [-0.25, -0.2) is 9.78 Å². The number of H-pyrrole nitrogens is 2. The highest BCUT2D eigenvalue weighted by molar-refractivity contribution is 5.81.